The first-order valence-corrected chi connectivity index (χ1v) is 8.93. The van der Waals surface area contributed by atoms with Gasteiger partial charge in [0.25, 0.3) is 11.8 Å². The number of amides is 3. The minimum absolute atomic E-state index is 0.124. The van der Waals surface area contributed by atoms with Crippen molar-refractivity contribution < 1.29 is 14.4 Å². The molecule has 29 heavy (non-hydrogen) atoms. The number of nitriles is 1. The largest absolute Gasteiger partial charge is 0.326 e. The van der Waals surface area contributed by atoms with Gasteiger partial charge in [0.05, 0.1) is 34.9 Å². The van der Waals surface area contributed by atoms with Crippen LogP contribution in [0.1, 0.15) is 31.8 Å². The van der Waals surface area contributed by atoms with E-state index in [1.807, 2.05) is 6.07 Å². The molecule has 1 heterocycles. The molecular formula is C23H15N3O3. The molecular weight excluding hydrogens is 366 g/mol. The van der Waals surface area contributed by atoms with E-state index in [0.29, 0.717) is 28.1 Å². The minimum Gasteiger partial charge on any atom is -0.326 e. The summed E-state index contributed by atoms with van der Waals surface area (Å²) in [5.41, 5.74) is 2.99. The fourth-order valence-corrected chi connectivity index (χ4v) is 3.24. The second kappa shape index (κ2) is 7.41. The molecule has 4 rings (SSSR count). The Morgan fingerprint density at radius 2 is 1.55 bits per heavy atom. The lowest BCUT2D eigenvalue weighted by atomic mass is 10.1. The van der Waals surface area contributed by atoms with Crippen LogP contribution in [0.3, 0.4) is 0 Å². The van der Waals surface area contributed by atoms with Gasteiger partial charge in [-0.15, -0.1) is 0 Å². The first kappa shape index (κ1) is 18.1. The smallest absolute Gasteiger partial charge is 0.266 e. The van der Waals surface area contributed by atoms with Gasteiger partial charge in [-0.1, -0.05) is 30.3 Å². The Labute approximate surface area is 167 Å². The summed E-state index contributed by atoms with van der Waals surface area (Å²) in [4.78, 5) is 38.5. The van der Waals surface area contributed by atoms with Gasteiger partial charge in [-0.2, -0.15) is 5.26 Å². The van der Waals surface area contributed by atoms with Crippen molar-refractivity contribution in [3.05, 3.63) is 95.1 Å². The number of imide groups is 1. The second-order valence-electron chi connectivity index (χ2n) is 6.58. The maximum atomic E-state index is 12.5. The van der Waals surface area contributed by atoms with Crippen molar-refractivity contribution in [1.29, 1.82) is 5.26 Å². The van der Waals surface area contributed by atoms with E-state index < -0.39 is 0 Å². The maximum Gasteiger partial charge on any atom is 0.266 e. The highest BCUT2D eigenvalue weighted by Gasteiger charge is 2.36. The average Bonchev–Trinajstić information content (AvgIpc) is 2.99. The van der Waals surface area contributed by atoms with Crippen LogP contribution in [0.5, 0.6) is 0 Å². The molecule has 0 saturated carbocycles. The van der Waals surface area contributed by atoms with Gasteiger partial charge in [0.15, 0.2) is 0 Å². The summed E-state index contributed by atoms with van der Waals surface area (Å²) in [6.07, 6.45) is 0.124. The summed E-state index contributed by atoms with van der Waals surface area (Å²) in [5.74, 6) is -0.935. The Bertz CT molecular complexity index is 1140. The van der Waals surface area contributed by atoms with Crippen LogP contribution in [0.2, 0.25) is 0 Å². The molecule has 0 aliphatic carbocycles. The molecule has 1 aliphatic heterocycles. The fourth-order valence-electron chi connectivity index (χ4n) is 3.24. The molecule has 0 fully saturated rings. The molecule has 0 bridgehead atoms. The molecule has 3 aromatic rings. The van der Waals surface area contributed by atoms with Gasteiger partial charge in [-0.05, 0) is 48.0 Å². The maximum absolute atomic E-state index is 12.5. The van der Waals surface area contributed by atoms with Crippen LogP contribution < -0.4 is 10.2 Å². The van der Waals surface area contributed by atoms with Crippen molar-refractivity contribution in [3.8, 4) is 6.07 Å². The minimum atomic E-state index is -0.353. The van der Waals surface area contributed by atoms with Gasteiger partial charge in [-0.3, -0.25) is 14.4 Å². The normalized spacial score (nSPS) is 12.4. The number of anilines is 2. The quantitative estimate of drug-likeness (QED) is 0.700. The Morgan fingerprint density at radius 1 is 0.897 bits per heavy atom. The first-order valence-electron chi connectivity index (χ1n) is 8.93. The number of rotatable bonds is 4. The number of nitrogens with one attached hydrogen (secondary N) is 1. The SMILES string of the molecule is N#Cc1cccc(NC(=O)Cc2ccc(N3C(=O)c4ccccc4C3=O)cc2)c1. The topological polar surface area (TPSA) is 90.3 Å². The van der Waals surface area contributed by atoms with Crippen molar-refractivity contribution in [1.82, 2.24) is 0 Å². The van der Waals surface area contributed by atoms with Crippen molar-refractivity contribution in [2.24, 2.45) is 0 Å². The number of carbonyl (C=O) groups excluding carboxylic acids is 3. The van der Waals surface area contributed by atoms with Gasteiger partial charge in [0.1, 0.15) is 0 Å². The highest BCUT2D eigenvalue weighted by atomic mass is 16.2. The molecule has 1 N–H and O–H groups in total. The van der Waals surface area contributed by atoms with Crippen molar-refractivity contribution in [2.45, 2.75) is 6.42 Å². The summed E-state index contributed by atoms with van der Waals surface area (Å²) in [7, 11) is 0. The summed E-state index contributed by atoms with van der Waals surface area (Å²) in [6.45, 7) is 0. The molecule has 0 spiro atoms. The van der Waals surface area contributed by atoms with Crippen LogP contribution in [0, 0.1) is 11.3 Å². The van der Waals surface area contributed by atoms with E-state index in [9.17, 15) is 14.4 Å². The predicted octanol–water partition coefficient (Wildman–Crippen LogP) is 3.54. The van der Waals surface area contributed by atoms with E-state index in [0.717, 1.165) is 10.5 Å². The Hall–Kier alpha value is -4.24. The summed E-state index contributed by atoms with van der Waals surface area (Å²) < 4.78 is 0. The summed E-state index contributed by atoms with van der Waals surface area (Å²) in [5, 5.41) is 11.7. The molecule has 1 aliphatic rings. The molecule has 3 amide bonds. The van der Waals surface area contributed by atoms with E-state index in [2.05, 4.69) is 5.32 Å². The molecule has 3 aromatic carbocycles. The third-order valence-electron chi connectivity index (χ3n) is 4.63. The molecule has 0 aromatic heterocycles. The third-order valence-corrected chi connectivity index (χ3v) is 4.63. The predicted molar refractivity (Wildman–Crippen MR) is 108 cm³/mol. The zero-order valence-electron chi connectivity index (χ0n) is 15.3. The summed E-state index contributed by atoms with van der Waals surface area (Å²) in [6, 6.07) is 22.1. The number of fused-ring (bicyclic) bond motifs is 1. The van der Waals surface area contributed by atoms with Gasteiger partial charge < -0.3 is 5.32 Å². The Morgan fingerprint density at radius 3 is 2.17 bits per heavy atom. The third kappa shape index (κ3) is 3.49. The van der Waals surface area contributed by atoms with E-state index in [1.165, 1.54) is 0 Å². The number of carbonyl (C=O) groups is 3. The van der Waals surface area contributed by atoms with Gasteiger partial charge in [-0.25, -0.2) is 4.90 Å². The lowest BCUT2D eigenvalue weighted by molar-refractivity contribution is -0.115. The molecule has 0 saturated heterocycles. The van der Waals surface area contributed by atoms with Gasteiger partial charge in [0.2, 0.25) is 5.91 Å². The van der Waals surface area contributed by atoms with Crippen molar-refractivity contribution in [3.63, 3.8) is 0 Å². The molecule has 6 nitrogen and oxygen atoms in total. The lowest BCUT2D eigenvalue weighted by Crippen LogP contribution is -2.29. The molecule has 0 unspecified atom stereocenters. The number of hydrogen-bond acceptors (Lipinski definition) is 4. The van der Waals surface area contributed by atoms with E-state index in [-0.39, 0.29) is 24.1 Å². The van der Waals surface area contributed by atoms with Crippen LogP contribution in [0.4, 0.5) is 11.4 Å². The molecule has 6 heteroatoms. The van der Waals surface area contributed by atoms with Crippen LogP contribution in [-0.2, 0) is 11.2 Å². The highest BCUT2D eigenvalue weighted by molar-refractivity contribution is 6.34. The van der Waals surface area contributed by atoms with Crippen LogP contribution in [0.25, 0.3) is 0 Å². The molecule has 140 valence electrons. The number of hydrogen-bond donors (Lipinski definition) is 1. The zero-order chi connectivity index (χ0) is 20.4. The Kier molecular flexibility index (Phi) is 4.63. The van der Waals surface area contributed by atoms with Crippen LogP contribution in [0.15, 0.2) is 72.8 Å². The lowest BCUT2D eigenvalue weighted by Gasteiger charge is -2.14. The highest BCUT2D eigenvalue weighted by Crippen LogP contribution is 2.28. The van der Waals surface area contributed by atoms with Crippen LogP contribution in [-0.4, -0.2) is 17.7 Å². The number of nitrogens with zero attached hydrogens (tertiary/aromatic N) is 2. The standard InChI is InChI=1S/C23H15N3O3/c24-14-16-4-3-5-17(12-16)25-21(27)13-15-8-10-18(11-9-15)26-22(28)19-6-1-2-7-20(19)23(26)29/h1-12H,13H2,(H,25,27). The second-order valence-corrected chi connectivity index (χ2v) is 6.58. The zero-order valence-corrected chi connectivity index (χ0v) is 15.3. The average molecular weight is 381 g/mol. The van der Waals surface area contributed by atoms with Gasteiger partial charge >= 0.3 is 0 Å². The molecule has 0 radical (unpaired) electrons. The van der Waals surface area contributed by atoms with Crippen molar-refractivity contribution >= 4 is 29.1 Å². The number of benzene rings is 3. The van der Waals surface area contributed by atoms with E-state index in [4.69, 9.17) is 5.26 Å². The van der Waals surface area contributed by atoms with Gasteiger partial charge in [0, 0.05) is 5.69 Å². The van der Waals surface area contributed by atoms with E-state index in [1.54, 1.807) is 72.8 Å². The fraction of sp³-hybridized carbons (Fsp3) is 0.0435. The first-order chi connectivity index (χ1) is 14.1. The van der Waals surface area contributed by atoms with Crippen LogP contribution >= 0.6 is 0 Å². The van der Waals surface area contributed by atoms with Crippen molar-refractivity contribution in [2.75, 3.05) is 10.2 Å². The monoisotopic (exact) mass is 381 g/mol. The van der Waals surface area contributed by atoms with E-state index >= 15 is 0 Å². The molecule has 0 atom stereocenters. The summed E-state index contributed by atoms with van der Waals surface area (Å²) >= 11 is 0. The Balaban J connectivity index is 1.46.